The van der Waals surface area contributed by atoms with E-state index in [1.807, 2.05) is 0 Å². The molecular formula is C10H5BrF2N2O. The summed E-state index contributed by atoms with van der Waals surface area (Å²) in [5, 5.41) is 5.77. The Kier molecular flexibility index (Phi) is 2.82. The minimum atomic E-state index is -0.618. The maximum atomic E-state index is 13.5. The van der Waals surface area contributed by atoms with Gasteiger partial charge < -0.3 is 0 Å². The maximum Gasteiger partial charge on any atom is 0.264 e. The summed E-state index contributed by atoms with van der Waals surface area (Å²) in [5.74, 6) is -1.21. The van der Waals surface area contributed by atoms with Gasteiger partial charge in [0.1, 0.15) is 11.6 Å². The molecule has 2 aromatic rings. The van der Waals surface area contributed by atoms with Gasteiger partial charge in [0.25, 0.3) is 5.56 Å². The number of hydrogen-bond acceptors (Lipinski definition) is 2. The molecule has 6 heteroatoms. The lowest BCUT2D eigenvalue weighted by atomic mass is 10.1. The van der Waals surface area contributed by atoms with E-state index in [-0.39, 0.29) is 15.7 Å². The third-order valence-corrected chi connectivity index (χ3v) is 2.57. The molecule has 0 amide bonds. The van der Waals surface area contributed by atoms with Crippen LogP contribution in [0.25, 0.3) is 11.3 Å². The van der Waals surface area contributed by atoms with E-state index >= 15 is 0 Å². The summed E-state index contributed by atoms with van der Waals surface area (Å²) in [7, 11) is 0. The van der Waals surface area contributed by atoms with E-state index < -0.39 is 17.2 Å². The van der Waals surface area contributed by atoms with Crippen LogP contribution >= 0.6 is 15.9 Å². The molecule has 0 saturated carbocycles. The fraction of sp³-hybridized carbons (Fsp3) is 0. The molecular weight excluding hydrogens is 282 g/mol. The first-order chi connectivity index (χ1) is 7.58. The van der Waals surface area contributed by atoms with Crippen LogP contribution in [0, 0.1) is 11.6 Å². The smallest absolute Gasteiger partial charge is 0.264 e. The van der Waals surface area contributed by atoms with Crippen molar-refractivity contribution in [1.82, 2.24) is 10.2 Å². The second-order valence-electron chi connectivity index (χ2n) is 3.05. The van der Waals surface area contributed by atoms with E-state index in [1.54, 1.807) is 0 Å². The lowest BCUT2D eigenvalue weighted by Crippen LogP contribution is -2.06. The summed E-state index contributed by atoms with van der Waals surface area (Å²) < 4.78 is 26.7. The zero-order chi connectivity index (χ0) is 11.7. The van der Waals surface area contributed by atoms with Crippen LogP contribution < -0.4 is 5.56 Å². The average molecular weight is 287 g/mol. The predicted molar refractivity (Wildman–Crippen MR) is 57.9 cm³/mol. The highest BCUT2D eigenvalue weighted by Crippen LogP contribution is 2.25. The van der Waals surface area contributed by atoms with Crippen LogP contribution in [0.4, 0.5) is 8.78 Å². The van der Waals surface area contributed by atoms with Crippen molar-refractivity contribution in [2.24, 2.45) is 0 Å². The predicted octanol–water partition coefficient (Wildman–Crippen LogP) is 2.48. The normalized spacial score (nSPS) is 10.4. The average Bonchev–Trinajstić information content (AvgIpc) is 2.25. The number of aromatic amines is 1. The van der Waals surface area contributed by atoms with Gasteiger partial charge in [-0.25, -0.2) is 13.9 Å². The van der Waals surface area contributed by atoms with Crippen molar-refractivity contribution in [3.63, 3.8) is 0 Å². The second-order valence-corrected chi connectivity index (χ2v) is 3.91. The molecule has 0 aliphatic carbocycles. The van der Waals surface area contributed by atoms with Crippen LogP contribution in [0.3, 0.4) is 0 Å². The van der Waals surface area contributed by atoms with E-state index in [9.17, 15) is 13.6 Å². The molecule has 2 rings (SSSR count). The molecule has 0 fully saturated rings. The summed E-state index contributed by atoms with van der Waals surface area (Å²) in [6.07, 6.45) is 0. The molecule has 1 aromatic carbocycles. The molecule has 0 unspecified atom stereocenters. The van der Waals surface area contributed by atoms with Crippen LogP contribution in [0.5, 0.6) is 0 Å². The van der Waals surface area contributed by atoms with Gasteiger partial charge in [-0.1, -0.05) is 0 Å². The molecule has 3 nitrogen and oxygen atoms in total. The van der Waals surface area contributed by atoms with Gasteiger partial charge >= 0.3 is 0 Å². The fourth-order valence-corrected chi connectivity index (χ4v) is 1.53. The Morgan fingerprint density at radius 1 is 1.19 bits per heavy atom. The Bertz CT molecular complexity index is 577. The molecule has 1 aromatic heterocycles. The summed E-state index contributed by atoms with van der Waals surface area (Å²) in [6, 6.07) is 4.55. The summed E-state index contributed by atoms with van der Waals surface area (Å²) >= 11 is 2.87. The summed E-state index contributed by atoms with van der Waals surface area (Å²) in [5.41, 5.74) is -0.234. The second kappa shape index (κ2) is 4.13. The number of nitrogens with zero attached hydrogens (tertiary/aromatic N) is 1. The number of aromatic nitrogens is 2. The van der Waals surface area contributed by atoms with E-state index in [0.717, 1.165) is 12.1 Å². The van der Waals surface area contributed by atoms with Crippen molar-refractivity contribution < 1.29 is 8.78 Å². The van der Waals surface area contributed by atoms with E-state index in [0.29, 0.717) is 0 Å². The molecule has 0 saturated heterocycles. The fourth-order valence-electron chi connectivity index (χ4n) is 1.21. The van der Waals surface area contributed by atoms with E-state index in [4.69, 9.17) is 0 Å². The first kappa shape index (κ1) is 10.9. The number of nitrogens with one attached hydrogen (secondary N) is 1. The maximum absolute atomic E-state index is 13.5. The van der Waals surface area contributed by atoms with Crippen molar-refractivity contribution in [2.75, 3.05) is 0 Å². The Balaban J connectivity index is 2.60. The zero-order valence-electron chi connectivity index (χ0n) is 7.80. The molecule has 0 bridgehead atoms. The highest BCUT2D eigenvalue weighted by molar-refractivity contribution is 9.10. The quantitative estimate of drug-likeness (QED) is 0.819. The van der Waals surface area contributed by atoms with Crippen LogP contribution in [-0.4, -0.2) is 10.2 Å². The standard InChI is InChI=1S/C10H5BrF2N2O/c11-6-4-7(12)5(3-8(6)13)9-1-2-10(16)15-14-9/h1-4H,(H,15,16). The third kappa shape index (κ3) is 2.01. The van der Waals surface area contributed by atoms with Gasteiger partial charge in [-0.15, -0.1) is 0 Å². The van der Waals surface area contributed by atoms with Crippen LogP contribution in [0.1, 0.15) is 0 Å². The minimum absolute atomic E-state index is 0.00282. The van der Waals surface area contributed by atoms with Crippen LogP contribution in [0.2, 0.25) is 0 Å². The Morgan fingerprint density at radius 3 is 2.56 bits per heavy atom. The van der Waals surface area contributed by atoms with Gasteiger partial charge in [-0.3, -0.25) is 4.79 Å². The molecule has 0 atom stereocenters. The topological polar surface area (TPSA) is 45.8 Å². The highest BCUT2D eigenvalue weighted by Gasteiger charge is 2.11. The number of H-pyrrole nitrogens is 1. The molecule has 82 valence electrons. The Hall–Kier alpha value is -1.56. The molecule has 0 radical (unpaired) electrons. The van der Waals surface area contributed by atoms with Crippen molar-refractivity contribution >= 4 is 15.9 Å². The molecule has 1 N–H and O–H groups in total. The largest absolute Gasteiger partial charge is 0.268 e. The lowest BCUT2D eigenvalue weighted by molar-refractivity contribution is 0.596. The van der Waals surface area contributed by atoms with Gasteiger partial charge in [-0.05, 0) is 34.1 Å². The molecule has 0 spiro atoms. The SMILES string of the molecule is O=c1ccc(-c2cc(F)c(Br)cc2F)n[nH]1. The number of benzene rings is 1. The third-order valence-electron chi connectivity index (χ3n) is 1.97. The highest BCUT2D eigenvalue weighted by atomic mass is 79.9. The van der Waals surface area contributed by atoms with Gasteiger partial charge in [0, 0.05) is 11.6 Å². The summed E-state index contributed by atoms with van der Waals surface area (Å²) in [6.45, 7) is 0. The van der Waals surface area contributed by atoms with Crippen molar-refractivity contribution in [1.29, 1.82) is 0 Å². The molecule has 0 aliphatic rings. The van der Waals surface area contributed by atoms with Crippen molar-refractivity contribution in [2.45, 2.75) is 0 Å². The van der Waals surface area contributed by atoms with Crippen molar-refractivity contribution in [3.05, 3.63) is 50.7 Å². The van der Waals surface area contributed by atoms with Gasteiger partial charge in [0.05, 0.1) is 10.2 Å². The van der Waals surface area contributed by atoms with Gasteiger partial charge in [0.2, 0.25) is 0 Å². The van der Waals surface area contributed by atoms with Crippen LogP contribution in [0.15, 0.2) is 33.5 Å². The summed E-state index contributed by atoms with van der Waals surface area (Å²) in [4.78, 5) is 10.8. The van der Waals surface area contributed by atoms with Gasteiger partial charge in [-0.2, -0.15) is 5.10 Å². The molecule has 0 aliphatic heterocycles. The van der Waals surface area contributed by atoms with Gasteiger partial charge in [0.15, 0.2) is 0 Å². The number of hydrogen-bond donors (Lipinski definition) is 1. The first-order valence-electron chi connectivity index (χ1n) is 4.28. The zero-order valence-corrected chi connectivity index (χ0v) is 9.38. The Morgan fingerprint density at radius 2 is 1.94 bits per heavy atom. The van der Waals surface area contributed by atoms with E-state index in [2.05, 4.69) is 26.1 Å². The van der Waals surface area contributed by atoms with Crippen LogP contribution in [-0.2, 0) is 0 Å². The van der Waals surface area contributed by atoms with E-state index in [1.165, 1.54) is 12.1 Å². The Labute approximate surface area is 97.3 Å². The molecule has 16 heavy (non-hydrogen) atoms. The first-order valence-corrected chi connectivity index (χ1v) is 5.08. The number of halogens is 3. The number of rotatable bonds is 1. The monoisotopic (exact) mass is 286 g/mol. The minimum Gasteiger partial charge on any atom is -0.268 e. The lowest BCUT2D eigenvalue weighted by Gasteiger charge is -2.03. The molecule has 1 heterocycles. The van der Waals surface area contributed by atoms with Crippen molar-refractivity contribution in [3.8, 4) is 11.3 Å².